The summed E-state index contributed by atoms with van der Waals surface area (Å²) >= 11 is 5.95. The predicted molar refractivity (Wildman–Crippen MR) is 87.1 cm³/mol. The standard InChI is InChI=1S/C16H16ClNO7/c1-22-14(19)10-6-9(17)4-5-12(10)18-8-25-7-11(15(20)23-2)13(18)16(21)24-3/h4-6H,7-8H2,1-3H3. The van der Waals surface area contributed by atoms with E-state index in [1.165, 1.54) is 44.4 Å². The van der Waals surface area contributed by atoms with Crippen LogP contribution in [-0.2, 0) is 28.5 Å². The molecule has 0 radical (unpaired) electrons. The minimum absolute atomic E-state index is 0.0219. The van der Waals surface area contributed by atoms with Crippen LogP contribution in [0.3, 0.4) is 0 Å². The van der Waals surface area contributed by atoms with Gasteiger partial charge < -0.3 is 23.8 Å². The quantitative estimate of drug-likeness (QED) is 0.582. The fourth-order valence-electron chi connectivity index (χ4n) is 2.35. The van der Waals surface area contributed by atoms with Gasteiger partial charge in [0.05, 0.1) is 44.8 Å². The van der Waals surface area contributed by atoms with Crippen LogP contribution in [0.25, 0.3) is 0 Å². The molecule has 1 aliphatic heterocycles. The van der Waals surface area contributed by atoms with Gasteiger partial charge in [-0.2, -0.15) is 0 Å². The van der Waals surface area contributed by atoms with Gasteiger partial charge in [-0.1, -0.05) is 11.6 Å². The van der Waals surface area contributed by atoms with Crippen molar-refractivity contribution in [3.63, 3.8) is 0 Å². The molecule has 134 valence electrons. The van der Waals surface area contributed by atoms with E-state index in [1.54, 1.807) is 0 Å². The number of hydrogen-bond donors (Lipinski definition) is 0. The molecule has 25 heavy (non-hydrogen) atoms. The Labute approximate surface area is 148 Å². The van der Waals surface area contributed by atoms with E-state index < -0.39 is 17.9 Å². The van der Waals surface area contributed by atoms with E-state index in [4.69, 9.17) is 30.5 Å². The Kier molecular flexibility index (Phi) is 6.00. The van der Waals surface area contributed by atoms with Crippen LogP contribution in [0.15, 0.2) is 29.5 Å². The van der Waals surface area contributed by atoms with E-state index in [1.807, 2.05) is 0 Å². The highest BCUT2D eigenvalue weighted by Gasteiger charge is 2.34. The number of benzene rings is 1. The Balaban J connectivity index is 2.66. The monoisotopic (exact) mass is 369 g/mol. The minimum Gasteiger partial charge on any atom is -0.466 e. The van der Waals surface area contributed by atoms with Gasteiger partial charge >= 0.3 is 17.9 Å². The first-order chi connectivity index (χ1) is 11.9. The highest BCUT2D eigenvalue weighted by atomic mass is 35.5. The van der Waals surface area contributed by atoms with Crippen molar-refractivity contribution in [3.05, 3.63) is 40.1 Å². The topological polar surface area (TPSA) is 91.4 Å². The number of hydrogen-bond acceptors (Lipinski definition) is 8. The lowest BCUT2D eigenvalue weighted by atomic mass is 10.1. The fraction of sp³-hybridized carbons (Fsp3) is 0.312. The summed E-state index contributed by atoms with van der Waals surface area (Å²) in [6, 6.07) is 4.44. The Hall–Kier alpha value is -2.58. The van der Waals surface area contributed by atoms with Crippen molar-refractivity contribution in [2.45, 2.75) is 0 Å². The van der Waals surface area contributed by atoms with Gasteiger partial charge in [-0.25, -0.2) is 14.4 Å². The molecule has 8 nitrogen and oxygen atoms in total. The summed E-state index contributed by atoms with van der Waals surface area (Å²) in [5, 5.41) is 0.305. The maximum absolute atomic E-state index is 12.3. The third kappa shape index (κ3) is 3.75. The molecule has 1 heterocycles. The van der Waals surface area contributed by atoms with Gasteiger partial charge in [-0.05, 0) is 18.2 Å². The highest BCUT2D eigenvalue weighted by Crippen LogP contribution is 2.31. The number of anilines is 1. The highest BCUT2D eigenvalue weighted by molar-refractivity contribution is 6.31. The van der Waals surface area contributed by atoms with Crippen LogP contribution in [-0.4, -0.2) is 52.6 Å². The van der Waals surface area contributed by atoms with Crippen molar-refractivity contribution in [1.29, 1.82) is 0 Å². The zero-order chi connectivity index (χ0) is 18.6. The zero-order valence-corrected chi connectivity index (χ0v) is 14.6. The van der Waals surface area contributed by atoms with Crippen LogP contribution in [0.1, 0.15) is 10.4 Å². The summed E-state index contributed by atoms with van der Waals surface area (Å²) in [5.41, 5.74) is 0.281. The average molecular weight is 370 g/mol. The number of halogens is 1. The third-order valence-corrected chi connectivity index (χ3v) is 3.72. The number of carbonyl (C=O) groups is 3. The van der Waals surface area contributed by atoms with Gasteiger partial charge in [-0.3, -0.25) is 0 Å². The van der Waals surface area contributed by atoms with Crippen LogP contribution >= 0.6 is 11.6 Å². The summed E-state index contributed by atoms with van der Waals surface area (Å²) in [6.07, 6.45) is 0. The minimum atomic E-state index is -0.769. The lowest BCUT2D eigenvalue weighted by Crippen LogP contribution is -2.39. The van der Waals surface area contributed by atoms with E-state index in [9.17, 15) is 14.4 Å². The first kappa shape index (κ1) is 18.8. The molecule has 1 aromatic rings. The second-order valence-electron chi connectivity index (χ2n) is 4.87. The number of rotatable bonds is 4. The van der Waals surface area contributed by atoms with Crippen LogP contribution in [0.4, 0.5) is 5.69 Å². The summed E-state index contributed by atoms with van der Waals surface area (Å²) < 4.78 is 19.6. The molecule has 0 aliphatic carbocycles. The molecular weight excluding hydrogens is 354 g/mol. The maximum Gasteiger partial charge on any atom is 0.355 e. The normalized spacial score (nSPS) is 14.2. The van der Waals surface area contributed by atoms with E-state index >= 15 is 0 Å². The van der Waals surface area contributed by atoms with Crippen molar-refractivity contribution in [2.75, 3.05) is 39.6 Å². The first-order valence-corrected chi connectivity index (χ1v) is 7.45. The molecule has 0 N–H and O–H groups in total. The number of esters is 3. The zero-order valence-electron chi connectivity index (χ0n) is 13.8. The maximum atomic E-state index is 12.3. The molecule has 0 aromatic heterocycles. The second-order valence-corrected chi connectivity index (χ2v) is 5.31. The summed E-state index contributed by atoms with van der Waals surface area (Å²) in [4.78, 5) is 37.7. The van der Waals surface area contributed by atoms with Crippen LogP contribution < -0.4 is 4.90 Å². The molecular formula is C16H16ClNO7. The van der Waals surface area contributed by atoms with Crippen molar-refractivity contribution in [1.82, 2.24) is 0 Å². The van der Waals surface area contributed by atoms with Gasteiger partial charge in [0.2, 0.25) is 0 Å². The van der Waals surface area contributed by atoms with Crippen molar-refractivity contribution >= 4 is 35.2 Å². The van der Waals surface area contributed by atoms with Crippen molar-refractivity contribution in [3.8, 4) is 0 Å². The average Bonchev–Trinajstić information content (AvgIpc) is 2.65. The molecule has 0 fully saturated rings. The van der Waals surface area contributed by atoms with E-state index in [2.05, 4.69) is 0 Å². The fourth-order valence-corrected chi connectivity index (χ4v) is 2.52. The smallest absolute Gasteiger partial charge is 0.355 e. The molecule has 9 heteroatoms. The van der Waals surface area contributed by atoms with Crippen LogP contribution in [0, 0.1) is 0 Å². The number of ether oxygens (including phenoxy) is 4. The van der Waals surface area contributed by atoms with E-state index in [0.717, 1.165) is 0 Å². The van der Waals surface area contributed by atoms with Crippen LogP contribution in [0.2, 0.25) is 5.02 Å². The van der Waals surface area contributed by atoms with E-state index in [-0.39, 0.29) is 35.9 Å². The number of carbonyl (C=O) groups excluding carboxylic acids is 3. The van der Waals surface area contributed by atoms with E-state index in [0.29, 0.717) is 5.02 Å². The third-order valence-electron chi connectivity index (χ3n) is 3.49. The Morgan fingerprint density at radius 2 is 1.68 bits per heavy atom. The van der Waals surface area contributed by atoms with Gasteiger partial charge in [0.15, 0.2) is 0 Å². The molecule has 0 saturated carbocycles. The molecule has 1 aliphatic rings. The van der Waals surface area contributed by atoms with Crippen molar-refractivity contribution < 1.29 is 33.3 Å². The summed E-state index contributed by atoms with van der Waals surface area (Å²) in [7, 11) is 3.59. The van der Waals surface area contributed by atoms with Gasteiger partial charge in [-0.15, -0.1) is 0 Å². The Morgan fingerprint density at radius 3 is 2.28 bits per heavy atom. The molecule has 1 aromatic carbocycles. The molecule has 0 spiro atoms. The number of nitrogens with zero attached hydrogens (tertiary/aromatic N) is 1. The van der Waals surface area contributed by atoms with Crippen LogP contribution in [0.5, 0.6) is 0 Å². The Morgan fingerprint density at radius 1 is 1.04 bits per heavy atom. The largest absolute Gasteiger partial charge is 0.466 e. The van der Waals surface area contributed by atoms with Crippen molar-refractivity contribution in [2.24, 2.45) is 0 Å². The number of methoxy groups -OCH3 is 3. The molecule has 0 unspecified atom stereocenters. The summed E-state index contributed by atoms with van der Waals surface area (Å²) in [6.45, 7) is -0.217. The lowest BCUT2D eigenvalue weighted by molar-refractivity contribution is -0.140. The van der Waals surface area contributed by atoms with Gasteiger partial charge in [0.1, 0.15) is 12.4 Å². The SMILES string of the molecule is COC(=O)C1=C(C(=O)OC)N(c2ccc(Cl)cc2C(=O)OC)COC1. The summed E-state index contributed by atoms with van der Waals surface area (Å²) in [5.74, 6) is -2.17. The molecule has 0 saturated heterocycles. The van der Waals surface area contributed by atoms with Gasteiger partial charge in [0.25, 0.3) is 0 Å². The molecule has 2 rings (SSSR count). The molecule has 0 atom stereocenters. The first-order valence-electron chi connectivity index (χ1n) is 7.07. The Bertz CT molecular complexity index is 744. The predicted octanol–water partition coefficient (Wildman–Crippen LogP) is 1.52. The molecule has 0 bridgehead atoms. The van der Waals surface area contributed by atoms with Gasteiger partial charge in [0, 0.05) is 5.02 Å². The second kappa shape index (κ2) is 8.00. The molecule has 0 amide bonds. The lowest BCUT2D eigenvalue weighted by Gasteiger charge is -2.32.